The molecule has 16 heavy (non-hydrogen) atoms. The van der Waals surface area contributed by atoms with Gasteiger partial charge in [-0.15, -0.1) is 6.58 Å². The summed E-state index contributed by atoms with van der Waals surface area (Å²) in [5.74, 6) is -1.36. The molecule has 0 aromatic heterocycles. The number of ketones is 1. The van der Waals surface area contributed by atoms with Gasteiger partial charge in [-0.05, 0) is 18.3 Å². The van der Waals surface area contributed by atoms with Crippen molar-refractivity contribution in [1.82, 2.24) is 0 Å². The molecule has 0 amide bonds. The second-order valence-electron chi connectivity index (χ2n) is 4.35. The molecule has 1 aliphatic rings. The van der Waals surface area contributed by atoms with Crippen molar-refractivity contribution >= 4 is 18.0 Å². The molecule has 0 heterocycles. The van der Waals surface area contributed by atoms with Gasteiger partial charge in [0.25, 0.3) is 0 Å². The number of aliphatic carboxylic acids is 1. The number of rotatable bonds is 6. The number of carboxylic acid groups (broad SMARTS) is 1. The fourth-order valence-electron chi connectivity index (χ4n) is 2.66. The van der Waals surface area contributed by atoms with Gasteiger partial charge in [0, 0.05) is 18.8 Å². The van der Waals surface area contributed by atoms with E-state index in [4.69, 9.17) is 5.11 Å². The van der Waals surface area contributed by atoms with Gasteiger partial charge in [0.2, 0.25) is 0 Å². The number of carboxylic acids is 1. The number of carbonyl (C=O) groups is 3. The molecular weight excluding hydrogens is 208 g/mol. The van der Waals surface area contributed by atoms with E-state index in [1.54, 1.807) is 6.08 Å². The van der Waals surface area contributed by atoms with E-state index < -0.39 is 17.3 Å². The summed E-state index contributed by atoms with van der Waals surface area (Å²) in [4.78, 5) is 33.1. The Morgan fingerprint density at radius 1 is 1.62 bits per heavy atom. The van der Waals surface area contributed by atoms with Crippen LogP contribution in [-0.4, -0.2) is 23.1 Å². The van der Waals surface area contributed by atoms with Crippen molar-refractivity contribution in [2.45, 2.75) is 32.1 Å². The van der Waals surface area contributed by atoms with E-state index in [0.29, 0.717) is 25.5 Å². The van der Waals surface area contributed by atoms with Crippen LogP contribution in [0.4, 0.5) is 0 Å². The van der Waals surface area contributed by atoms with Crippen molar-refractivity contribution in [2.24, 2.45) is 11.3 Å². The molecule has 1 N–H and O–H groups in total. The molecule has 1 fully saturated rings. The van der Waals surface area contributed by atoms with Gasteiger partial charge in [-0.1, -0.05) is 6.08 Å². The third-order valence-corrected chi connectivity index (χ3v) is 3.38. The van der Waals surface area contributed by atoms with E-state index in [1.165, 1.54) is 0 Å². The largest absolute Gasteiger partial charge is 0.481 e. The summed E-state index contributed by atoms with van der Waals surface area (Å²) in [6.07, 6.45) is 3.79. The highest BCUT2D eigenvalue weighted by atomic mass is 16.4. The molecule has 0 aromatic carbocycles. The average molecular weight is 224 g/mol. The van der Waals surface area contributed by atoms with E-state index in [-0.39, 0.29) is 18.6 Å². The van der Waals surface area contributed by atoms with Crippen molar-refractivity contribution in [3.63, 3.8) is 0 Å². The summed E-state index contributed by atoms with van der Waals surface area (Å²) < 4.78 is 0. The number of hydrogen-bond donors (Lipinski definition) is 1. The number of allylic oxidation sites excluding steroid dienone is 1. The third-order valence-electron chi connectivity index (χ3n) is 3.38. The highest BCUT2D eigenvalue weighted by molar-refractivity contribution is 5.87. The van der Waals surface area contributed by atoms with Crippen molar-refractivity contribution in [3.8, 4) is 0 Å². The van der Waals surface area contributed by atoms with Crippen LogP contribution in [0.1, 0.15) is 32.1 Å². The molecule has 4 heteroatoms. The quantitative estimate of drug-likeness (QED) is 0.549. The third kappa shape index (κ3) is 2.38. The average Bonchev–Trinajstić information content (AvgIpc) is 2.47. The van der Waals surface area contributed by atoms with E-state index in [0.717, 1.165) is 0 Å². The Morgan fingerprint density at radius 2 is 2.31 bits per heavy atom. The molecule has 0 aromatic rings. The fourth-order valence-corrected chi connectivity index (χ4v) is 2.66. The monoisotopic (exact) mass is 224 g/mol. The minimum absolute atomic E-state index is 0.00944. The smallest absolute Gasteiger partial charge is 0.303 e. The predicted molar refractivity (Wildman–Crippen MR) is 57.9 cm³/mol. The van der Waals surface area contributed by atoms with Gasteiger partial charge in [-0.2, -0.15) is 0 Å². The molecule has 0 spiro atoms. The molecule has 0 saturated heterocycles. The van der Waals surface area contributed by atoms with Crippen LogP contribution in [-0.2, 0) is 14.4 Å². The van der Waals surface area contributed by atoms with Crippen LogP contribution < -0.4 is 0 Å². The Hall–Kier alpha value is -1.45. The zero-order valence-electron chi connectivity index (χ0n) is 9.15. The highest BCUT2D eigenvalue weighted by Crippen LogP contribution is 2.48. The molecule has 0 radical (unpaired) electrons. The Kier molecular flexibility index (Phi) is 3.99. The standard InChI is InChI=1S/C12H16O4/c1-2-5-12(8-11(15)16)6-3-10(14)9(12)4-7-13/h2,7,9H,1,3-6,8H2,(H,15,16). The second kappa shape index (κ2) is 5.05. The summed E-state index contributed by atoms with van der Waals surface area (Å²) in [7, 11) is 0. The number of carbonyl (C=O) groups excluding carboxylic acids is 2. The first-order valence-corrected chi connectivity index (χ1v) is 5.35. The van der Waals surface area contributed by atoms with Crippen LogP contribution in [0.15, 0.2) is 12.7 Å². The minimum atomic E-state index is -0.924. The molecule has 4 nitrogen and oxygen atoms in total. The number of hydrogen-bond acceptors (Lipinski definition) is 3. The van der Waals surface area contributed by atoms with Crippen LogP contribution in [0.2, 0.25) is 0 Å². The summed E-state index contributed by atoms with van der Waals surface area (Å²) in [6, 6.07) is 0. The lowest BCUT2D eigenvalue weighted by Gasteiger charge is -2.31. The molecule has 2 unspecified atom stereocenters. The predicted octanol–water partition coefficient (Wildman–Crippen LogP) is 1.59. The minimum Gasteiger partial charge on any atom is -0.481 e. The van der Waals surface area contributed by atoms with Gasteiger partial charge < -0.3 is 9.90 Å². The second-order valence-corrected chi connectivity index (χ2v) is 4.35. The first-order chi connectivity index (χ1) is 7.55. The van der Waals surface area contributed by atoms with Crippen molar-refractivity contribution < 1.29 is 19.5 Å². The topological polar surface area (TPSA) is 71.4 Å². The van der Waals surface area contributed by atoms with Crippen LogP contribution in [0.5, 0.6) is 0 Å². The molecule has 1 rings (SSSR count). The Balaban J connectivity index is 2.96. The van der Waals surface area contributed by atoms with Crippen molar-refractivity contribution in [2.75, 3.05) is 0 Å². The molecule has 1 saturated carbocycles. The SMILES string of the molecule is C=CCC1(CC(=O)O)CCC(=O)C1CC=O. The zero-order chi connectivity index (χ0) is 12.2. The highest BCUT2D eigenvalue weighted by Gasteiger charge is 2.47. The van der Waals surface area contributed by atoms with E-state index >= 15 is 0 Å². The lowest BCUT2D eigenvalue weighted by molar-refractivity contribution is -0.141. The molecule has 2 atom stereocenters. The Morgan fingerprint density at radius 3 is 2.81 bits per heavy atom. The van der Waals surface area contributed by atoms with Gasteiger partial charge in [-0.25, -0.2) is 0 Å². The van der Waals surface area contributed by atoms with Crippen molar-refractivity contribution in [1.29, 1.82) is 0 Å². The summed E-state index contributed by atoms with van der Waals surface area (Å²) in [6.45, 7) is 3.60. The first kappa shape index (κ1) is 12.6. The fraction of sp³-hybridized carbons (Fsp3) is 0.583. The summed E-state index contributed by atoms with van der Waals surface area (Å²) in [5, 5.41) is 8.90. The molecule has 0 bridgehead atoms. The first-order valence-electron chi connectivity index (χ1n) is 5.35. The summed E-state index contributed by atoms with van der Waals surface area (Å²) in [5.41, 5.74) is -0.592. The van der Waals surface area contributed by atoms with Crippen LogP contribution in [0, 0.1) is 11.3 Å². The van der Waals surface area contributed by atoms with E-state index in [9.17, 15) is 14.4 Å². The lowest BCUT2D eigenvalue weighted by atomic mass is 9.71. The molecular formula is C12H16O4. The zero-order valence-corrected chi connectivity index (χ0v) is 9.15. The van der Waals surface area contributed by atoms with Gasteiger partial charge in [0.15, 0.2) is 0 Å². The normalized spacial score (nSPS) is 29.0. The lowest BCUT2D eigenvalue weighted by Crippen LogP contribution is -2.31. The maximum absolute atomic E-state index is 11.7. The van der Waals surface area contributed by atoms with Crippen molar-refractivity contribution in [3.05, 3.63) is 12.7 Å². The van der Waals surface area contributed by atoms with Crippen LogP contribution in [0.3, 0.4) is 0 Å². The number of Topliss-reactive ketones (excluding diaryl/α,β-unsaturated/α-hetero) is 1. The van der Waals surface area contributed by atoms with Gasteiger partial charge in [-0.3, -0.25) is 9.59 Å². The maximum Gasteiger partial charge on any atom is 0.303 e. The molecule has 88 valence electrons. The number of aldehydes is 1. The van der Waals surface area contributed by atoms with Gasteiger partial charge >= 0.3 is 5.97 Å². The Bertz CT molecular complexity index is 321. The van der Waals surface area contributed by atoms with Gasteiger partial charge in [0.1, 0.15) is 12.1 Å². The summed E-state index contributed by atoms with van der Waals surface area (Å²) >= 11 is 0. The van der Waals surface area contributed by atoms with Crippen LogP contribution >= 0.6 is 0 Å². The molecule has 0 aliphatic heterocycles. The van der Waals surface area contributed by atoms with Crippen LogP contribution in [0.25, 0.3) is 0 Å². The molecule has 1 aliphatic carbocycles. The maximum atomic E-state index is 11.7. The van der Waals surface area contributed by atoms with E-state index in [1.807, 2.05) is 0 Å². The van der Waals surface area contributed by atoms with Gasteiger partial charge in [0.05, 0.1) is 6.42 Å². The Labute approximate surface area is 94.3 Å². The van der Waals surface area contributed by atoms with E-state index in [2.05, 4.69) is 6.58 Å².